The molecule has 0 amide bonds. The third-order valence-corrected chi connectivity index (χ3v) is 3.73. The van der Waals surface area contributed by atoms with E-state index in [1.165, 1.54) is 0 Å². The van der Waals surface area contributed by atoms with Crippen LogP contribution in [0, 0.1) is 0 Å². The summed E-state index contributed by atoms with van der Waals surface area (Å²) in [6, 6.07) is 7.53. The fraction of sp³-hybridized carbons (Fsp3) is 0.333. The molecule has 0 aromatic heterocycles. The average Bonchev–Trinajstić information content (AvgIpc) is 2.76. The number of carbonyl (C=O) groups excluding carboxylic acids is 1. The van der Waals surface area contributed by atoms with E-state index in [1.807, 2.05) is 24.3 Å². The van der Waals surface area contributed by atoms with Gasteiger partial charge in [0.2, 0.25) is 5.90 Å². The molecule has 3 rings (SSSR count). The van der Waals surface area contributed by atoms with Crippen LogP contribution in [0.4, 0.5) is 0 Å². The van der Waals surface area contributed by atoms with Crippen LogP contribution in [-0.4, -0.2) is 11.9 Å². The van der Waals surface area contributed by atoms with Crippen molar-refractivity contribution in [1.29, 1.82) is 0 Å². The Morgan fingerprint density at radius 3 is 2.53 bits per heavy atom. The molecule has 0 N–H and O–H groups in total. The number of hydrogen-bond donors (Lipinski definition) is 0. The van der Waals surface area contributed by atoms with Crippen LogP contribution in [0.25, 0.3) is 0 Å². The average molecular weight is 276 g/mol. The van der Waals surface area contributed by atoms with Crippen molar-refractivity contribution in [2.24, 2.45) is 4.99 Å². The largest absolute Gasteiger partial charge is 0.404 e. The van der Waals surface area contributed by atoms with Gasteiger partial charge in [0, 0.05) is 16.2 Å². The normalized spacial score (nSPS) is 20.7. The molecule has 4 heteroatoms. The molecule has 0 radical (unpaired) electrons. The van der Waals surface area contributed by atoms with E-state index < -0.39 is 0 Å². The number of rotatable bonds is 2. The van der Waals surface area contributed by atoms with Gasteiger partial charge in [0.25, 0.3) is 0 Å². The van der Waals surface area contributed by atoms with Crippen molar-refractivity contribution >= 4 is 23.5 Å². The molecule has 19 heavy (non-hydrogen) atoms. The van der Waals surface area contributed by atoms with Gasteiger partial charge in [0.1, 0.15) is 0 Å². The second-order valence-electron chi connectivity index (χ2n) is 4.80. The third-order valence-electron chi connectivity index (χ3n) is 3.48. The summed E-state index contributed by atoms with van der Waals surface area (Å²) in [7, 11) is 0. The number of hydrogen-bond acceptors (Lipinski definition) is 3. The molecule has 1 aromatic rings. The molecule has 0 saturated heterocycles. The predicted molar refractivity (Wildman–Crippen MR) is 74.2 cm³/mol. The smallest absolute Gasteiger partial charge is 0.341 e. The maximum Gasteiger partial charge on any atom is 0.341 e. The quantitative estimate of drug-likeness (QED) is 0.773. The highest BCUT2D eigenvalue weighted by atomic mass is 35.5. The zero-order valence-corrected chi connectivity index (χ0v) is 11.2. The first-order valence-electron chi connectivity index (χ1n) is 6.47. The number of halogens is 1. The first-order chi connectivity index (χ1) is 9.24. The molecule has 0 bridgehead atoms. The molecule has 3 nitrogen and oxygen atoms in total. The van der Waals surface area contributed by atoms with E-state index in [0.29, 0.717) is 17.5 Å². The van der Waals surface area contributed by atoms with Gasteiger partial charge < -0.3 is 4.74 Å². The number of carbonyl (C=O) groups is 1. The van der Waals surface area contributed by atoms with Gasteiger partial charge in [-0.1, -0.05) is 23.7 Å². The summed E-state index contributed by atoms with van der Waals surface area (Å²) in [4.78, 5) is 16.1. The van der Waals surface area contributed by atoms with Crippen LogP contribution in [0.1, 0.15) is 31.2 Å². The van der Waals surface area contributed by atoms with Crippen LogP contribution in [0.3, 0.4) is 0 Å². The van der Waals surface area contributed by atoms with Gasteiger partial charge in [-0.15, -0.1) is 0 Å². The summed E-state index contributed by atoms with van der Waals surface area (Å²) in [6.07, 6.45) is 3.91. The highest BCUT2D eigenvalue weighted by Gasteiger charge is 2.32. The molecule has 0 fully saturated rings. The zero-order valence-electron chi connectivity index (χ0n) is 10.5. The topological polar surface area (TPSA) is 38.7 Å². The standard InChI is InChI=1S/C15H14ClNO2/c16-11-7-5-10(6-8-11)9-17-14-12-3-1-2-4-13(12)15(18)19-14/h5-8H,1-4,9H2. The second kappa shape index (κ2) is 5.17. The molecule has 1 aliphatic heterocycles. The van der Waals surface area contributed by atoms with E-state index in [1.54, 1.807) is 0 Å². The number of cyclic esters (lactones) is 1. The third kappa shape index (κ3) is 2.56. The lowest BCUT2D eigenvalue weighted by atomic mass is 9.93. The summed E-state index contributed by atoms with van der Waals surface area (Å²) in [5, 5.41) is 0.709. The van der Waals surface area contributed by atoms with Crippen LogP contribution in [-0.2, 0) is 16.1 Å². The minimum Gasteiger partial charge on any atom is -0.404 e. The summed E-state index contributed by atoms with van der Waals surface area (Å²) in [5.41, 5.74) is 2.91. The summed E-state index contributed by atoms with van der Waals surface area (Å²) < 4.78 is 5.26. The van der Waals surface area contributed by atoms with E-state index in [9.17, 15) is 4.79 Å². The van der Waals surface area contributed by atoms with E-state index in [-0.39, 0.29) is 5.97 Å². The number of esters is 1. The highest BCUT2D eigenvalue weighted by Crippen LogP contribution is 2.32. The van der Waals surface area contributed by atoms with Crippen LogP contribution >= 0.6 is 11.6 Å². The molecule has 1 aromatic carbocycles. The van der Waals surface area contributed by atoms with E-state index in [4.69, 9.17) is 16.3 Å². The molecule has 1 heterocycles. The van der Waals surface area contributed by atoms with Crippen molar-refractivity contribution in [3.63, 3.8) is 0 Å². The van der Waals surface area contributed by atoms with Gasteiger partial charge in [0.15, 0.2) is 0 Å². The number of aliphatic imine (C=N–C) groups is 1. The van der Waals surface area contributed by atoms with Crippen molar-refractivity contribution in [3.8, 4) is 0 Å². The number of benzene rings is 1. The van der Waals surface area contributed by atoms with Crippen molar-refractivity contribution in [1.82, 2.24) is 0 Å². The van der Waals surface area contributed by atoms with Crippen LogP contribution in [0.5, 0.6) is 0 Å². The minimum atomic E-state index is -0.204. The lowest BCUT2D eigenvalue weighted by Crippen LogP contribution is -2.04. The zero-order chi connectivity index (χ0) is 13.2. The van der Waals surface area contributed by atoms with Gasteiger partial charge in [-0.3, -0.25) is 0 Å². The Balaban J connectivity index is 1.79. The molecule has 98 valence electrons. The van der Waals surface area contributed by atoms with Gasteiger partial charge in [0.05, 0.1) is 6.54 Å². The minimum absolute atomic E-state index is 0.204. The molecule has 0 saturated carbocycles. The molecule has 2 aliphatic rings. The molecular weight excluding hydrogens is 262 g/mol. The molecular formula is C15H14ClNO2. The van der Waals surface area contributed by atoms with Gasteiger partial charge >= 0.3 is 5.97 Å². The van der Waals surface area contributed by atoms with Crippen LogP contribution < -0.4 is 0 Å². The van der Waals surface area contributed by atoms with E-state index >= 15 is 0 Å². The Bertz CT molecular complexity index is 572. The fourth-order valence-electron chi connectivity index (χ4n) is 2.46. The van der Waals surface area contributed by atoms with E-state index in [2.05, 4.69) is 4.99 Å². The maximum absolute atomic E-state index is 11.7. The lowest BCUT2D eigenvalue weighted by molar-refractivity contribution is -0.130. The highest BCUT2D eigenvalue weighted by molar-refractivity contribution is 6.30. The van der Waals surface area contributed by atoms with Gasteiger partial charge in [-0.2, -0.15) is 0 Å². The number of ether oxygens (including phenoxy) is 1. The summed E-state index contributed by atoms with van der Waals surface area (Å²) >= 11 is 5.84. The van der Waals surface area contributed by atoms with Gasteiger partial charge in [-0.25, -0.2) is 9.79 Å². The van der Waals surface area contributed by atoms with Crippen molar-refractivity contribution in [2.45, 2.75) is 32.2 Å². The summed E-state index contributed by atoms with van der Waals surface area (Å²) in [6.45, 7) is 0.510. The van der Waals surface area contributed by atoms with Crippen LogP contribution in [0.2, 0.25) is 5.02 Å². The Labute approximate surface area is 116 Å². The molecule has 0 unspecified atom stereocenters. The summed E-state index contributed by atoms with van der Waals surface area (Å²) in [5.74, 6) is 0.319. The lowest BCUT2D eigenvalue weighted by Gasteiger charge is -2.09. The Morgan fingerprint density at radius 2 is 1.79 bits per heavy atom. The van der Waals surface area contributed by atoms with Crippen LogP contribution in [0.15, 0.2) is 40.4 Å². The van der Waals surface area contributed by atoms with Crippen molar-refractivity contribution in [3.05, 3.63) is 46.0 Å². The Hall–Kier alpha value is -1.61. The monoisotopic (exact) mass is 275 g/mol. The SMILES string of the molecule is O=C1OC(=NCc2ccc(Cl)cc2)C2=C1CCCC2. The molecule has 1 aliphatic carbocycles. The van der Waals surface area contributed by atoms with Gasteiger partial charge in [-0.05, 0) is 43.4 Å². The fourth-order valence-corrected chi connectivity index (χ4v) is 2.58. The maximum atomic E-state index is 11.7. The Kier molecular flexibility index (Phi) is 3.38. The molecule has 0 atom stereocenters. The molecule has 0 spiro atoms. The first kappa shape index (κ1) is 12.4. The number of nitrogens with zero attached hydrogens (tertiary/aromatic N) is 1. The second-order valence-corrected chi connectivity index (χ2v) is 5.24. The van der Waals surface area contributed by atoms with Crippen molar-refractivity contribution < 1.29 is 9.53 Å². The first-order valence-corrected chi connectivity index (χ1v) is 6.85. The van der Waals surface area contributed by atoms with Crippen molar-refractivity contribution in [2.75, 3.05) is 0 Å². The van der Waals surface area contributed by atoms with E-state index in [0.717, 1.165) is 42.4 Å². The Morgan fingerprint density at radius 1 is 1.11 bits per heavy atom. The predicted octanol–water partition coefficient (Wildman–Crippen LogP) is 3.67.